The monoisotopic (exact) mass is 240 g/mol. The fourth-order valence-electron chi connectivity index (χ4n) is 3.00. The molecule has 1 aliphatic heterocycles. The van der Waals surface area contributed by atoms with Gasteiger partial charge in [0.2, 0.25) is 5.91 Å². The number of likely N-dealkylation sites (tertiary alicyclic amines) is 1. The number of hydrogen-bond acceptors (Lipinski definition) is 2. The minimum Gasteiger partial charge on any atom is -0.353 e. The molecule has 0 unspecified atom stereocenters. The van der Waals surface area contributed by atoms with E-state index in [1.54, 1.807) is 0 Å². The van der Waals surface area contributed by atoms with Gasteiger partial charge in [0.15, 0.2) is 0 Å². The first-order valence-corrected chi connectivity index (χ1v) is 6.72. The summed E-state index contributed by atoms with van der Waals surface area (Å²) in [7, 11) is 2.18. The van der Waals surface area contributed by atoms with Crippen molar-refractivity contribution in [3.8, 4) is 0 Å². The lowest BCUT2D eigenvalue weighted by Crippen LogP contribution is -2.62. The molecule has 0 radical (unpaired) electrons. The van der Waals surface area contributed by atoms with Crippen molar-refractivity contribution < 1.29 is 4.79 Å². The van der Waals surface area contributed by atoms with E-state index in [2.05, 4.69) is 45.0 Å². The van der Waals surface area contributed by atoms with Crippen LogP contribution in [-0.4, -0.2) is 35.0 Å². The minimum atomic E-state index is 0.145. The van der Waals surface area contributed by atoms with Crippen LogP contribution in [-0.2, 0) is 4.79 Å². The highest BCUT2D eigenvalue weighted by Crippen LogP contribution is 2.36. The van der Waals surface area contributed by atoms with Crippen LogP contribution in [0.5, 0.6) is 0 Å². The third-order valence-corrected chi connectivity index (χ3v) is 4.15. The van der Waals surface area contributed by atoms with E-state index in [0.29, 0.717) is 12.5 Å². The second-order valence-electron chi connectivity index (χ2n) is 6.61. The topological polar surface area (TPSA) is 32.3 Å². The van der Waals surface area contributed by atoms with Gasteiger partial charge in [-0.05, 0) is 54.0 Å². The van der Waals surface area contributed by atoms with E-state index in [1.165, 1.54) is 0 Å². The molecule has 100 valence electrons. The van der Waals surface area contributed by atoms with Gasteiger partial charge in [-0.2, -0.15) is 0 Å². The zero-order valence-electron chi connectivity index (χ0n) is 12.3. The lowest BCUT2D eigenvalue weighted by Gasteiger charge is -2.53. The number of rotatable bonds is 3. The molecule has 1 N–H and O–H groups in total. The molecule has 1 fully saturated rings. The molecule has 0 saturated carbocycles. The average Bonchev–Trinajstić information content (AvgIpc) is 2.13. The van der Waals surface area contributed by atoms with Crippen LogP contribution in [0.4, 0.5) is 0 Å². The van der Waals surface area contributed by atoms with Crippen LogP contribution >= 0.6 is 0 Å². The van der Waals surface area contributed by atoms with Gasteiger partial charge in [-0.1, -0.05) is 6.92 Å². The fourth-order valence-corrected chi connectivity index (χ4v) is 3.00. The smallest absolute Gasteiger partial charge is 0.220 e. The van der Waals surface area contributed by atoms with Crippen molar-refractivity contribution in [3.05, 3.63) is 0 Å². The number of carbonyl (C=O) groups is 1. The van der Waals surface area contributed by atoms with Gasteiger partial charge >= 0.3 is 0 Å². The molecule has 1 rings (SSSR count). The van der Waals surface area contributed by atoms with E-state index in [1.807, 2.05) is 6.92 Å². The molecular weight excluding hydrogens is 212 g/mol. The van der Waals surface area contributed by atoms with Crippen LogP contribution in [0.15, 0.2) is 0 Å². The van der Waals surface area contributed by atoms with Gasteiger partial charge in [-0.25, -0.2) is 0 Å². The SMILES string of the molecule is CCCC(=O)NC1CC(C)(C)N(C)C(C)(C)C1. The third kappa shape index (κ3) is 3.44. The molecule has 0 bridgehead atoms. The largest absolute Gasteiger partial charge is 0.353 e. The van der Waals surface area contributed by atoms with E-state index in [0.717, 1.165) is 19.3 Å². The number of piperidine rings is 1. The van der Waals surface area contributed by atoms with Crippen molar-refractivity contribution >= 4 is 5.91 Å². The Balaban J connectivity index is 2.68. The van der Waals surface area contributed by atoms with Crippen LogP contribution in [0.25, 0.3) is 0 Å². The van der Waals surface area contributed by atoms with Gasteiger partial charge in [0.25, 0.3) is 0 Å². The van der Waals surface area contributed by atoms with E-state index in [4.69, 9.17) is 0 Å². The average molecular weight is 240 g/mol. The minimum absolute atomic E-state index is 0.145. The number of nitrogens with zero attached hydrogens (tertiary/aromatic N) is 1. The predicted octanol–water partition coefficient (Wildman–Crippen LogP) is 2.55. The molecular formula is C14H28N2O. The van der Waals surface area contributed by atoms with Gasteiger partial charge < -0.3 is 5.32 Å². The molecule has 1 heterocycles. The zero-order valence-corrected chi connectivity index (χ0v) is 12.3. The first-order chi connectivity index (χ1) is 7.69. The van der Waals surface area contributed by atoms with Crippen LogP contribution in [0.1, 0.15) is 60.3 Å². The van der Waals surface area contributed by atoms with E-state index in [-0.39, 0.29) is 17.0 Å². The van der Waals surface area contributed by atoms with Crippen molar-refractivity contribution in [1.29, 1.82) is 0 Å². The molecule has 0 aromatic carbocycles. The third-order valence-electron chi connectivity index (χ3n) is 4.15. The molecule has 0 aromatic rings. The van der Waals surface area contributed by atoms with Crippen molar-refractivity contribution in [2.45, 2.75) is 77.4 Å². The normalized spacial score (nSPS) is 24.6. The zero-order chi connectivity index (χ0) is 13.3. The predicted molar refractivity (Wildman–Crippen MR) is 72.0 cm³/mol. The second kappa shape index (κ2) is 4.97. The Bertz CT molecular complexity index is 266. The van der Waals surface area contributed by atoms with Crippen molar-refractivity contribution in [1.82, 2.24) is 10.2 Å². The second-order valence-corrected chi connectivity index (χ2v) is 6.61. The summed E-state index contributed by atoms with van der Waals surface area (Å²) in [4.78, 5) is 14.1. The van der Waals surface area contributed by atoms with Gasteiger partial charge in [-0.3, -0.25) is 9.69 Å². The summed E-state index contributed by atoms with van der Waals surface area (Å²) in [6.45, 7) is 11.1. The summed E-state index contributed by atoms with van der Waals surface area (Å²) in [5.74, 6) is 0.202. The Kier molecular flexibility index (Phi) is 4.23. The molecule has 3 nitrogen and oxygen atoms in total. The molecule has 0 spiro atoms. The first kappa shape index (κ1) is 14.5. The van der Waals surface area contributed by atoms with Gasteiger partial charge in [0, 0.05) is 23.5 Å². The summed E-state index contributed by atoms with van der Waals surface area (Å²) in [6.07, 6.45) is 3.63. The first-order valence-electron chi connectivity index (χ1n) is 6.72. The highest BCUT2D eigenvalue weighted by atomic mass is 16.1. The van der Waals surface area contributed by atoms with Gasteiger partial charge in [-0.15, -0.1) is 0 Å². The van der Waals surface area contributed by atoms with Crippen molar-refractivity contribution in [2.75, 3.05) is 7.05 Å². The van der Waals surface area contributed by atoms with Crippen LogP contribution < -0.4 is 5.32 Å². The van der Waals surface area contributed by atoms with E-state index < -0.39 is 0 Å². The lowest BCUT2D eigenvalue weighted by molar-refractivity contribution is -0.123. The van der Waals surface area contributed by atoms with E-state index >= 15 is 0 Å². The Hall–Kier alpha value is -0.570. The Morgan fingerprint density at radius 3 is 2.12 bits per heavy atom. The maximum absolute atomic E-state index is 11.7. The van der Waals surface area contributed by atoms with Crippen LogP contribution in [0.3, 0.4) is 0 Å². The van der Waals surface area contributed by atoms with Crippen LogP contribution in [0, 0.1) is 0 Å². The Morgan fingerprint density at radius 2 is 1.71 bits per heavy atom. The standard InChI is InChI=1S/C14H28N2O/c1-7-8-12(17)15-11-9-13(2,3)16(6)14(4,5)10-11/h11H,7-10H2,1-6H3,(H,15,17). The number of nitrogens with one attached hydrogen (secondary N) is 1. The summed E-state index contributed by atoms with van der Waals surface area (Å²) in [5, 5.41) is 3.19. The highest BCUT2D eigenvalue weighted by Gasteiger charge is 2.43. The molecule has 3 heteroatoms. The fraction of sp³-hybridized carbons (Fsp3) is 0.929. The molecule has 1 amide bonds. The van der Waals surface area contributed by atoms with E-state index in [9.17, 15) is 4.79 Å². The molecule has 0 aromatic heterocycles. The summed E-state index contributed by atoms with van der Waals surface area (Å²) < 4.78 is 0. The number of hydrogen-bond donors (Lipinski definition) is 1. The quantitative estimate of drug-likeness (QED) is 0.822. The molecule has 0 atom stereocenters. The molecule has 17 heavy (non-hydrogen) atoms. The Labute approximate surface area is 106 Å². The summed E-state index contributed by atoms with van der Waals surface area (Å²) in [5.41, 5.74) is 0.290. The lowest BCUT2D eigenvalue weighted by atomic mass is 9.77. The van der Waals surface area contributed by atoms with Gasteiger partial charge in [0.05, 0.1) is 0 Å². The maximum Gasteiger partial charge on any atom is 0.220 e. The van der Waals surface area contributed by atoms with Crippen LogP contribution in [0.2, 0.25) is 0 Å². The Morgan fingerprint density at radius 1 is 1.24 bits per heavy atom. The number of amides is 1. The van der Waals surface area contributed by atoms with Crippen molar-refractivity contribution in [2.24, 2.45) is 0 Å². The summed E-state index contributed by atoms with van der Waals surface area (Å²) in [6, 6.07) is 0.315. The number of carbonyl (C=O) groups excluding carboxylic acids is 1. The maximum atomic E-state index is 11.7. The highest BCUT2D eigenvalue weighted by molar-refractivity contribution is 5.76. The molecule has 1 saturated heterocycles. The molecule has 0 aliphatic carbocycles. The van der Waals surface area contributed by atoms with Crippen molar-refractivity contribution in [3.63, 3.8) is 0 Å². The summed E-state index contributed by atoms with van der Waals surface area (Å²) >= 11 is 0. The molecule has 1 aliphatic rings. The van der Waals surface area contributed by atoms with Gasteiger partial charge in [0.1, 0.15) is 0 Å².